The Morgan fingerprint density at radius 3 is 2.12 bits per heavy atom. The summed E-state index contributed by atoms with van der Waals surface area (Å²) in [6.45, 7) is 0.650. The number of hydrogen-bond donors (Lipinski definition) is 4. The van der Waals surface area contributed by atoms with Gasteiger partial charge in [0.1, 0.15) is 5.60 Å². The van der Waals surface area contributed by atoms with Crippen LogP contribution < -0.4 is 0 Å². The van der Waals surface area contributed by atoms with Gasteiger partial charge in [-0.1, -0.05) is 0 Å². The standard InChI is InChI=1S/C11H24O6/c12-4-2-1-3-11(15,9-14)10-17-8-7-16-6-5-13/h12-15H,1-10H2. The molecule has 0 bridgehead atoms. The maximum atomic E-state index is 9.91. The number of aliphatic hydroxyl groups is 4. The lowest BCUT2D eigenvalue weighted by molar-refractivity contribution is -0.0913. The molecule has 0 aromatic carbocycles. The van der Waals surface area contributed by atoms with Crippen LogP contribution >= 0.6 is 0 Å². The van der Waals surface area contributed by atoms with Crippen molar-refractivity contribution in [2.45, 2.75) is 24.9 Å². The Balaban J connectivity index is 3.57. The lowest BCUT2D eigenvalue weighted by Crippen LogP contribution is -2.39. The van der Waals surface area contributed by atoms with Gasteiger partial charge in [0.2, 0.25) is 0 Å². The molecule has 0 rings (SSSR count). The van der Waals surface area contributed by atoms with E-state index in [1.165, 1.54) is 0 Å². The van der Waals surface area contributed by atoms with Crippen molar-refractivity contribution in [3.8, 4) is 0 Å². The zero-order chi connectivity index (χ0) is 13.0. The minimum absolute atomic E-state index is 0.0261. The first-order valence-corrected chi connectivity index (χ1v) is 5.89. The minimum Gasteiger partial charge on any atom is -0.396 e. The predicted molar refractivity (Wildman–Crippen MR) is 61.7 cm³/mol. The highest BCUT2D eigenvalue weighted by atomic mass is 16.5. The summed E-state index contributed by atoms with van der Waals surface area (Å²) in [5.74, 6) is 0. The molecule has 0 saturated carbocycles. The molecule has 0 aromatic rings. The van der Waals surface area contributed by atoms with Gasteiger partial charge in [0.05, 0.1) is 39.6 Å². The van der Waals surface area contributed by atoms with Crippen molar-refractivity contribution in [2.24, 2.45) is 0 Å². The van der Waals surface area contributed by atoms with E-state index in [-0.39, 0.29) is 33.0 Å². The monoisotopic (exact) mass is 252 g/mol. The van der Waals surface area contributed by atoms with Gasteiger partial charge in [0.25, 0.3) is 0 Å². The Morgan fingerprint density at radius 2 is 1.53 bits per heavy atom. The molecular formula is C11H24O6. The summed E-state index contributed by atoms with van der Waals surface area (Å²) >= 11 is 0. The fourth-order valence-corrected chi connectivity index (χ4v) is 1.31. The molecule has 0 aromatic heterocycles. The molecule has 4 N–H and O–H groups in total. The number of aliphatic hydroxyl groups excluding tert-OH is 3. The topological polar surface area (TPSA) is 99.4 Å². The van der Waals surface area contributed by atoms with Crippen LogP contribution in [0.3, 0.4) is 0 Å². The smallest absolute Gasteiger partial charge is 0.111 e. The van der Waals surface area contributed by atoms with Crippen molar-refractivity contribution in [2.75, 3.05) is 46.2 Å². The van der Waals surface area contributed by atoms with Crippen LogP contribution in [0.2, 0.25) is 0 Å². The van der Waals surface area contributed by atoms with Gasteiger partial charge in [-0.2, -0.15) is 0 Å². The van der Waals surface area contributed by atoms with Gasteiger partial charge < -0.3 is 29.9 Å². The Hall–Kier alpha value is -0.240. The first-order chi connectivity index (χ1) is 8.18. The molecule has 0 aliphatic carbocycles. The van der Waals surface area contributed by atoms with Crippen LogP contribution in [0.1, 0.15) is 19.3 Å². The fraction of sp³-hybridized carbons (Fsp3) is 1.00. The van der Waals surface area contributed by atoms with Crippen LogP contribution in [0.4, 0.5) is 0 Å². The third-order valence-electron chi connectivity index (χ3n) is 2.32. The van der Waals surface area contributed by atoms with E-state index in [2.05, 4.69) is 0 Å². The molecule has 0 amide bonds. The molecule has 0 saturated heterocycles. The lowest BCUT2D eigenvalue weighted by Gasteiger charge is -2.25. The molecule has 0 aliphatic rings. The van der Waals surface area contributed by atoms with Crippen LogP contribution in [0.5, 0.6) is 0 Å². The highest BCUT2D eigenvalue weighted by molar-refractivity contribution is 4.76. The average molecular weight is 252 g/mol. The third kappa shape index (κ3) is 9.46. The molecule has 0 radical (unpaired) electrons. The normalized spacial score (nSPS) is 14.8. The molecule has 17 heavy (non-hydrogen) atoms. The highest BCUT2D eigenvalue weighted by Gasteiger charge is 2.25. The molecule has 6 heteroatoms. The summed E-state index contributed by atoms with van der Waals surface area (Å²) in [6.07, 6.45) is 1.63. The highest BCUT2D eigenvalue weighted by Crippen LogP contribution is 2.14. The van der Waals surface area contributed by atoms with Crippen molar-refractivity contribution in [1.82, 2.24) is 0 Å². The van der Waals surface area contributed by atoms with E-state index in [0.29, 0.717) is 32.5 Å². The van der Waals surface area contributed by atoms with Crippen LogP contribution in [-0.2, 0) is 9.47 Å². The van der Waals surface area contributed by atoms with Gasteiger partial charge in [-0.05, 0) is 19.3 Å². The second kappa shape index (κ2) is 10.9. The van der Waals surface area contributed by atoms with Crippen molar-refractivity contribution in [1.29, 1.82) is 0 Å². The fourth-order valence-electron chi connectivity index (χ4n) is 1.31. The molecule has 1 unspecified atom stereocenters. The van der Waals surface area contributed by atoms with Gasteiger partial charge in [0, 0.05) is 6.61 Å². The maximum absolute atomic E-state index is 9.91. The van der Waals surface area contributed by atoms with Gasteiger partial charge in [-0.25, -0.2) is 0 Å². The second-order valence-electron chi connectivity index (χ2n) is 3.95. The van der Waals surface area contributed by atoms with Crippen LogP contribution in [0.25, 0.3) is 0 Å². The number of ether oxygens (including phenoxy) is 2. The average Bonchev–Trinajstić information content (AvgIpc) is 2.34. The first-order valence-electron chi connectivity index (χ1n) is 5.89. The Bertz CT molecular complexity index is 166. The minimum atomic E-state index is -1.24. The quantitative estimate of drug-likeness (QED) is 0.329. The Morgan fingerprint density at radius 1 is 0.824 bits per heavy atom. The van der Waals surface area contributed by atoms with E-state index in [4.69, 9.17) is 24.8 Å². The molecule has 0 spiro atoms. The van der Waals surface area contributed by atoms with E-state index < -0.39 is 5.60 Å². The molecule has 0 aliphatic heterocycles. The summed E-state index contributed by atoms with van der Waals surface area (Å²) in [6, 6.07) is 0. The van der Waals surface area contributed by atoms with Crippen LogP contribution in [-0.4, -0.2) is 72.3 Å². The summed E-state index contributed by atoms with van der Waals surface area (Å²) in [7, 11) is 0. The van der Waals surface area contributed by atoms with Gasteiger partial charge in [0.15, 0.2) is 0 Å². The Labute approximate surface area is 102 Å². The molecule has 6 nitrogen and oxygen atoms in total. The number of hydrogen-bond acceptors (Lipinski definition) is 6. The van der Waals surface area contributed by atoms with Crippen LogP contribution in [0, 0.1) is 0 Å². The van der Waals surface area contributed by atoms with Crippen molar-refractivity contribution in [3.63, 3.8) is 0 Å². The van der Waals surface area contributed by atoms with Gasteiger partial charge in [-0.15, -0.1) is 0 Å². The summed E-state index contributed by atoms with van der Waals surface area (Å²) in [5.41, 5.74) is -1.24. The SMILES string of the molecule is OCCCCC(O)(CO)COCCOCCO. The molecule has 0 heterocycles. The molecule has 0 fully saturated rings. The van der Waals surface area contributed by atoms with E-state index in [0.717, 1.165) is 0 Å². The van der Waals surface area contributed by atoms with Gasteiger partial charge >= 0.3 is 0 Å². The Kier molecular flexibility index (Phi) is 10.7. The molecule has 1 atom stereocenters. The second-order valence-corrected chi connectivity index (χ2v) is 3.95. The summed E-state index contributed by atoms with van der Waals surface area (Å²) in [5, 5.41) is 36.1. The van der Waals surface area contributed by atoms with Crippen molar-refractivity contribution < 1.29 is 29.9 Å². The number of unbranched alkanes of at least 4 members (excludes halogenated alkanes) is 1. The first kappa shape index (κ1) is 16.8. The van der Waals surface area contributed by atoms with E-state index in [1.54, 1.807) is 0 Å². The predicted octanol–water partition coefficient (Wildman–Crippen LogP) is -1.10. The number of rotatable bonds is 12. The summed E-state index contributed by atoms with van der Waals surface area (Å²) in [4.78, 5) is 0. The molecule has 104 valence electrons. The van der Waals surface area contributed by atoms with Crippen LogP contribution in [0.15, 0.2) is 0 Å². The zero-order valence-electron chi connectivity index (χ0n) is 10.2. The largest absolute Gasteiger partial charge is 0.396 e. The third-order valence-corrected chi connectivity index (χ3v) is 2.32. The lowest BCUT2D eigenvalue weighted by atomic mass is 9.99. The van der Waals surface area contributed by atoms with Crippen molar-refractivity contribution >= 4 is 0 Å². The van der Waals surface area contributed by atoms with E-state index in [1.807, 2.05) is 0 Å². The van der Waals surface area contributed by atoms with E-state index >= 15 is 0 Å². The van der Waals surface area contributed by atoms with Crippen molar-refractivity contribution in [3.05, 3.63) is 0 Å². The maximum Gasteiger partial charge on any atom is 0.111 e. The van der Waals surface area contributed by atoms with E-state index in [9.17, 15) is 5.11 Å². The summed E-state index contributed by atoms with van der Waals surface area (Å²) < 4.78 is 10.2. The molecular weight excluding hydrogens is 228 g/mol. The zero-order valence-corrected chi connectivity index (χ0v) is 10.2. The van der Waals surface area contributed by atoms with Gasteiger partial charge in [-0.3, -0.25) is 0 Å².